The zero-order chi connectivity index (χ0) is 27.7. The SMILES string of the molecule is NS(=O)(=O)OC[C@H]1C[C@@H](Nc2ncncc2C(=O)c2ccn(Cc3ccccc3C(F)(F)F)n2)[C@H](O)[C@@H]1O. The quantitative estimate of drug-likeness (QED) is 0.274. The second-order valence-electron chi connectivity index (χ2n) is 8.67. The molecule has 38 heavy (non-hydrogen) atoms. The Morgan fingerprint density at radius 2 is 1.95 bits per heavy atom. The molecular weight excluding hydrogens is 533 g/mol. The Bertz CT molecular complexity index is 1420. The first-order chi connectivity index (χ1) is 17.8. The number of alkyl halides is 3. The lowest BCUT2D eigenvalue weighted by Crippen LogP contribution is -2.36. The van der Waals surface area contributed by atoms with E-state index in [1.165, 1.54) is 41.3 Å². The maximum absolute atomic E-state index is 13.3. The Labute approximate surface area is 214 Å². The molecule has 1 aliphatic carbocycles. The van der Waals surface area contributed by atoms with Gasteiger partial charge in [0.25, 0.3) is 0 Å². The average molecular weight is 557 g/mol. The van der Waals surface area contributed by atoms with Crippen LogP contribution in [0.2, 0.25) is 0 Å². The number of hydrogen-bond donors (Lipinski definition) is 4. The molecule has 3 aromatic rings. The lowest BCUT2D eigenvalue weighted by atomic mass is 10.1. The lowest BCUT2D eigenvalue weighted by molar-refractivity contribution is -0.138. The van der Waals surface area contributed by atoms with Gasteiger partial charge in [-0.15, -0.1) is 0 Å². The van der Waals surface area contributed by atoms with Crippen molar-refractivity contribution in [1.82, 2.24) is 19.7 Å². The van der Waals surface area contributed by atoms with Crippen LogP contribution in [0.4, 0.5) is 19.0 Å². The van der Waals surface area contributed by atoms with Crippen LogP contribution in [-0.2, 0) is 27.2 Å². The van der Waals surface area contributed by atoms with Gasteiger partial charge >= 0.3 is 16.5 Å². The molecule has 4 rings (SSSR count). The van der Waals surface area contributed by atoms with Crippen LogP contribution in [0.25, 0.3) is 0 Å². The fraction of sp³-hybridized carbons (Fsp3) is 0.364. The number of rotatable bonds is 9. The van der Waals surface area contributed by atoms with Crippen LogP contribution in [0.15, 0.2) is 49.1 Å². The second kappa shape index (κ2) is 10.7. The van der Waals surface area contributed by atoms with Gasteiger partial charge < -0.3 is 15.5 Å². The molecule has 0 saturated heterocycles. The van der Waals surface area contributed by atoms with E-state index in [1.807, 2.05) is 0 Å². The number of carbonyl (C=O) groups is 1. The predicted molar refractivity (Wildman–Crippen MR) is 125 cm³/mol. The van der Waals surface area contributed by atoms with Crippen molar-refractivity contribution in [2.75, 3.05) is 11.9 Å². The molecule has 1 fully saturated rings. The molecule has 1 aliphatic rings. The Morgan fingerprint density at radius 3 is 2.66 bits per heavy atom. The third-order valence-corrected chi connectivity index (χ3v) is 6.52. The standard InChI is InChI=1S/C22H23F3N6O6S/c23-22(24,25)15-4-2-1-3-12(15)9-31-6-5-16(30-31)19(33)14-8-27-11-28-21(14)29-17-7-13(18(32)20(17)34)10-37-38(26,35)36/h1-6,8,11,13,17-18,20,32,34H,7,9-10H2,(H2,26,35,36)(H,27,28,29)/t13-,17-,18-,20+/m1/s1. The van der Waals surface area contributed by atoms with Crippen LogP contribution >= 0.6 is 0 Å². The second-order valence-corrected chi connectivity index (χ2v) is 9.89. The summed E-state index contributed by atoms with van der Waals surface area (Å²) in [7, 11) is -4.25. The monoisotopic (exact) mass is 556 g/mol. The number of aliphatic hydroxyl groups excluding tert-OH is 2. The summed E-state index contributed by atoms with van der Waals surface area (Å²) in [6.45, 7) is -0.687. The summed E-state index contributed by atoms with van der Waals surface area (Å²) < 4.78 is 67.8. The van der Waals surface area contributed by atoms with E-state index in [1.54, 1.807) is 0 Å². The summed E-state index contributed by atoms with van der Waals surface area (Å²) in [6.07, 6.45) is -3.47. The zero-order valence-electron chi connectivity index (χ0n) is 19.5. The Morgan fingerprint density at radius 1 is 1.21 bits per heavy atom. The van der Waals surface area contributed by atoms with Crippen LogP contribution in [0, 0.1) is 5.92 Å². The van der Waals surface area contributed by atoms with Crippen LogP contribution in [0.1, 0.15) is 33.6 Å². The number of ketones is 1. The van der Waals surface area contributed by atoms with Crippen molar-refractivity contribution in [3.8, 4) is 0 Å². The van der Waals surface area contributed by atoms with Gasteiger partial charge in [0.2, 0.25) is 5.78 Å². The maximum atomic E-state index is 13.3. The molecule has 5 N–H and O–H groups in total. The molecule has 0 radical (unpaired) electrons. The zero-order valence-corrected chi connectivity index (χ0v) is 20.3. The van der Waals surface area contributed by atoms with Crippen LogP contribution in [0.5, 0.6) is 0 Å². The highest BCUT2D eigenvalue weighted by Crippen LogP contribution is 2.32. The Kier molecular flexibility index (Phi) is 7.80. The van der Waals surface area contributed by atoms with Gasteiger partial charge in [0.1, 0.15) is 23.9 Å². The molecule has 1 saturated carbocycles. The number of hydrogen-bond acceptors (Lipinski definition) is 10. The van der Waals surface area contributed by atoms with E-state index < -0.39 is 58.6 Å². The number of nitrogens with one attached hydrogen (secondary N) is 1. The van der Waals surface area contributed by atoms with Crippen molar-refractivity contribution in [3.05, 3.63) is 71.4 Å². The van der Waals surface area contributed by atoms with E-state index in [-0.39, 0.29) is 35.6 Å². The molecule has 0 spiro atoms. The molecule has 2 aromatic heterocycles. The van der Waals surface area contributed by atoms with Gasteiger partial charge in [-0.3, -0.25) is 13.7 Å². The number of anilines is 1. The molecule has 2 heterocycles. The number of nitrogens with two attached hydrogens (primary N) is 1. The fourth-order valence-corrected chi connectivity index (χ4v) is 4.58. The molecule has 0 bridgehead atoms. The number of halogens is 3. The van der Waals surface area contributed by atoms with Crippen LogP contribution < -0.4 is 10.5 Å². The molecule has 204 valence electrons. The van der Waals surface area contributed by atoms with Gasteiger partial charge in [-0.2, -0.15) is 26.7 Å². The Hall–Kier alpha value is -3.44. The smallest absolute Gasteiger partial charge is 0.390 e. The number of aliphatic hydroxyl groups is 2. The third kappa shape index (κ3) is 6.33. The summed E-state index contributed by atoms with van der Waals surface area (Å²) in [4.78, 5) is 21.0. The van der Waals surface area contributed by atoms with Crippen molar-refractivity contribution in [3.63, 3.8) is 0 Å². The molecule has 16 heteroatoms. The highest BCUT2D eigenvalue weighted by Gasteiger charge is 2.42. The average Bonchev–Trinajstić information content (AvgIpc) is 3.42. The molecule has 1 aromatic carbocycles. The van der Waals surface area contributed by atoms with Gasteiger partial charge in [-0.1, -0.05) is 18.2 Å². The van der Waals surface area contributed by atoms with E-state index >= 15 is 0 Å². The van der Waals surface area contributed by atoms with Crippen molar-refractivity contribution >= 4 is 21.9 Å². The summed E-state index contributed by atoms with van der Waals surface area (Å²) in [5.74, 6) is -1.42. The van der Waals surface area contributed by atoms with E-state index in [9.17, 15) is 36.6 Å². The molecule has 4 atom stereocenters. The van der Waals surface area contributed by atoms with Gasteiger partial charge in [-0.25, -0.2) is 15.1 Å². The summed E-state index contributed by atoms with van der Waals surface area (Å²) in [6, 6.07) is 5.54. The fourth-order valence-electron chi connectivity index (χ4n) is 4.22. The van der Waals surface area contributed by atoms with Crippen molar-refractivity contribution < 1.29 is 40.8 Å². The summed E-state index contributed by atoms with van der Waals surface area (Å²) in [5.41, 5.74) is -0.961. The van der Waals surface area contributed by atoms with Crippen LogP contribution in [-0.4, -0.2) is 69.0 Å². The summed E-state index contributed by atoms with van der Waals surface area (Å²) >= 11 is 0. The highest BCUT2D eigenvalue weighted by atomic mass is 32.2. The maximum Gasteiger partial charge on any atom is 0.416 e. The van der Waals surface area contributed by atoms with E-state index in [4.69, 9.17) is 5.14 Å². The third-order valence-electron chi connectivity index (χ3n) is 6.06. The van der Waals surface area contributed by atoms with Gasteiger partial charge in [0, 0.05) is 18.3 Å². The number of benzene rings is 1. The van der Waals surface area contributed by atoms with Crippen molar-refractivity contribution in [2.45, 2.75) is 37.4 Å². The van der Waals surface area contributed by atoms with E-state index in [0.717, 1.165) is 12.4 Å². The van der Waals surface area contributed by atoms with Gasteiger partial charge in [0.05, 0.1) is 36.4 Å². The number of carbonyl (C=O) groups excluding carboxylic acids is 1. The minimum Gasteiger partial charge on any atom is -0.390 e. The van der Waals surface area contributed by atoms with E-state index in [2.05, 4.69) is 24.6 Å². The minimum absolute atomic E-state index is 0.00577. The number of aromatic nitrogens is 4. The molecule has 0 unspecified atom stereocenters. The first-order valence-electron chi connectivity index (χ1n) is 11.2. The lowest BCUT2D eigenvalue weighted by Gasteiger charge is -2.19. The molecule has 0 amide bonds. The topological polar surface area (TPSA) is 183 Å². The molecular formula is C22H23F3N6O6S. The number of nitrogens with zero attached hydrogens (tertiary/aromatic N) is 4. The normalized spacial score (nSPS) is 21.9. The molecule has 0 aliphatic heterocycles. The van der Waals surface area contributed by atoms with Crippen LogP contribution in [0.3, 0.4) is 0 Å². The van der Waals surface area contributed by atoms with Crippen molar-refractivity contribution in [2.24, 2.45) is 11.1 Å². The molecule has 12 nitrogen and oxygen atoms in total. The van der Waals surface area contributed by atoms with Crippen molar-refractivity contribution in [1.29, 1.82) is 0 Å². The first kappa shape index (κ1) is 27.6. The summed E-state index contributed by atoms with van der Waals surface area (Å²) in [5, 5.41) is 32.5. The van der Waals surface area contributed by atoms with E-state index in [0.29, 0.717) is 0 Å². The Balaban J connectivity index is 1.50. The van der Waals surface area contributed by atoms with Gasteiger partial charge in [0.15, 0.2) is 0 Å². The minimum atomic E-state index is -4.55. The van der Waals surface area contributed by atoms with Gasteiger partial charge in [-0.05, 0) is 24.1 Å². The highest BCUT2D eigenvalue weighted by molar-refractivity contribution is 7.84. The first-order valence-corrected chi connectivity index (χ1v) is 12.6. The largest absolute Gasteiger partial charge is 0.416 e. The predicted octanol–water partition coefficient (Wildman–Crippen LogP) is 0.714.